The summed E-state index contributed by atoms with van der Waals surface area (Å²) in [6.07, 6.45) is 3.76. The molecule has 124 valence electrons. The first-order valence-electron chi connectivity index (χ1n) is 8.21. The zero-order valence-electron chi connectivity index (χ0n) is 13.8. The van der Waals surface area contributed by atoms with Gasteiger partial charge in [-0.3, -0.25) is 0 Å². The molecular weight excluding hydrogens is 302 g/mol. The summed E-state index contributed by atoms with van der Waals surface area (Å²) in [5.74, 6) is 1.05. The summed E-state index contributed by atoms with van der Waals surface area (Å²) < 4.78 is 7.22. The predicted octanol–water partition coefficient (Wildman–Crippen LogP) is 2.11. The molecule has 2 aromatic heterocycles. The van der Waals surface area contributed by atoms with Crippen molar-refractivity contribution in [2.75, 3.05) is 38.2 Å². The topological polar surface area (TPSA) is 55.2 Å². The Kier molecular flexibility index (Phi) is 4.15. The third-order valence-corrected chi connectivity index (χ3v) is 4.41. The number of hydrogen-bond donors (Lipinski definition) is 1. The number of hydrogen-bond acceptors (Lipinski definition) is 5. The standard InChI is InChI=1S/C18H21N5O/c1-24-13-23-12-21-16-4-2-14(10-17(16)23)15-3-5-18(20-11-15)22-8-6-19-7-9-22/h2-5,10-12,19H,6-9,13H2,1H3. The van der Waals surface area contributed by atoms with Crippen LogP contribution < -0.4 is 10.2 Å². The van der Waals surface area contributed by atoms with Gasteiger partial charge in [-0.05, 0) is 29.8 Å². The smallest absolute Gasteiger partial charge is 0.128 e. The van der Waals surface area contributed by atoms with Gasteiger partial charge in [0.15, 0.2) is 0 Å². The molecule has 0 atom stereocenters. The normalized spacial score (nSPS) is 15.1. The monoisotopic (exact) mass is 323 g/mol. The highest BCUT2D eigenvalue weighted by molar-refractivity contribution is 5.82. The second-order valence-electron chi connectivity index (χ2n) is 5.98. The molecule has 0 unspecified atom stereocenters. The van der Waals surface area contributed by atoms with Crippen molar-refractivity contribution in [1.82, 2.24) is 19.9 Å². The van der Waals surface area contributed by atoms with Crippen LogP contribution in [0.4, 0.5) is 5.82 Å². The van der Waals surface area contributed by atoms with Crippen molar-refractivity contribution < 1.29 is 4.74 Å². The van der Waals surface area contributed by atoms with Crippen LogP contribution >= 0.6 is 0 Å². The maximum Gasteiger partial charge on any atom is 0.128 e. The summed E-state index contributed by atoms with van der Waals surface area (Å²) in [4.78, 5) is 11.4. The molecule has 1 fully saturated rings. The van der Waals surface area contributed by atoms with Gasteiger partial charge in [0.1, 0.15) is 12.5 Å². The van der Waals surface area contributed by atoms with Crippen molar-refractivity contribution in [1.29, 1.82) is 0 Å². The SMILES string of the molecule is COCn1cnc2ccc(-c3ccc(N4CCNCC4)nc3)cc21. The maximum absolute atomic E-state index is 5.22. The molecule has 3 heterocycles. The second kappa shape index (κ2) is 6.59. The summed E-state index contributed by atoms with van der Waals surface area (Å²) in [5.41, 5.74) is 4.29. The Balaban J connectivity index is 1.63. The van der Waals surface area contributed by atoms with E-state index in [-0.39, 0.29) is 0 Å². The van der Waals surface area contributed by atoms with Crippen LogP contribution in [0.1, 0.15) is 0 Å². The highest BCUT2D eigenvalue weighted by Gasteiger charge is 2.12. The average Bonchev–Trinajstić information content (AvgIpc) is 3.05. The van der Waals surface area contributed by atoms with Crippen molar-refractivity contribution in [2.45, 2.75) is 6.73 Å². The van der Waals surface area contributed by atoms with Crippen LogP contribution in [0, 0.1) is 0 Å². The molecule has 0 aliphatic carbocycles. The van der Waals surface area contributed by atoms with E-state index in [1.807, 2.05) is 23.2 Å². The van der Waals surface area contributed by atoms with Crippen molar-refractivity contribution in [3.8, 4) is 11.1 Å². The number of fused-ring (bicyclic) bond motifs is 1. The van der Waals surface area contributed by atoms with Gasteiger partial charge in [0.05, 0.1) is 17.4 Å². The Labute approximate surface area is 141 Å². The number of anilines is 1. The lowest BCUT2D eigenvalue weighted by Gasteiger charge is -2.28. The lowest BCUT2D eigenvalue weighted by Crippen LogP contribution is -2.43. The number of methoxy groups -OCH3 is 1. The number of rotatable bonds is 4. The Morgan fingerprint density at radius 3 is 2.67 bits per heavy atom. The number of nitrogens with one attached hydrogen (secondary N) is 1. The predicted molar refractivity (Wildman–Crippen MR) is 95.1 cm³/mol. The van der Waals surface area contributed by atoms with Gasteiger partial charge >= 0.3 is 0 Å². The highest BCUT2D eigenvalue weighted by atomic mass is 16.5. The number of aromatic nitrogens is 3. The summed E-state index contributed by atoms with van der Waals surface area (Å²) in [5, 5.41) is 3.36. The number of ether oxygens (including phenoxy) is 1. The van der Waals surface area contributed by atoms with Crippen LogP contribution in [-0.2, 0) is 11.5 Å². The van der Waals surface area contributed by atoms with E-state index in [0.29, 0.717) is 6.73 Å². The molecule has 1 aromatic carbocycles. The van der Waals surface area contributed by atoms with Gasteiger partial charge < -0.3 is 19.5 Å². The maximum atomic E-state index is 5.22. The summed E-state index contributed by atoms with van der Waals surface area (Å²) >= 11 is 0. The van der Waals surface area contributed by atoms with E-state index in [4.69, 9.17) is 4.74 Å². The van der Waals surface area contributed by atoms with E-state index in [9.17, 15) is 0 Å². The van der Waals surface area contributed by atoms with Gasteiger partial charge in [-0.1, -0.05) is 6.07 Å². The third-order valence-electron chi connectivity index (χ3n) is 4.41. The molecule has 0 amide bonds. The Morgan fingerprint density at radius 2 is 1.92 bits per heavy atom. The van der Waals surface area contributed by atoms with Crippen molar-refractivity contribution in [2.24, 2.45) is 0 Å². The minimum Gasteiger partial charge on any atom is -0.364 e. The van der Waals surface area contributed by atoms with Crippen LogP contribution in [0.5, 0.6) is 0 Å². The molecule has 1 N–H and O–H groups in total. The summed E-state index contributed by atoms with van der Waals surface area (Å²) in [6, 6.07) is 10.5. The largest absolute Gasteiger partial charge is 0.364 e. The molecule has 1 saturated heterocycles. The number of piperazine rings is 1. The number of pyridine rings is 1. The van der Waals surface area contributed by atoms with Crippen molar-refractivity contribution in [3.63, 3.8) is 0 Å². The summed E-state index contributed by atoms with van der Waals surface area (Å²) in [7, 11) is 1.69. The average molecular weight is 323 g/mol. The molecule has 0 spiro atoms. The number of benzene rings is 1. The molecule has 6 heteroatoms. The number of imidazole rings is 1. The molecule has 24 heavy (non-hydrogen) atoms. The first kappa shape index (κ1) is 15.1. The van der Waals surface area contributed by atoms with Gasteiger partial charge in [-0.25, -0.2) is 9.97 Å². The lowest BCUT2D eigenvalue weighted by molar-refractivity contribution is 0.134. The van der Waals surface area contributed by atoms with E-state index >= 15 is 0 Å². The van der Waals surface area contributed by atoms with Crippen molar-refractivity contribution in [3.05, 3.63) is 42.9 Å². The number of nitrogens with zero attached hydrogens (tertiary/aromatic N) is 4. The minimum absolute atomic E-state index is 0.500. The molecule has 0 saturated carbocycles. The zero-order chi connectivity index (χ0) is 16.4. The molecule has 3 aromatic rings. The van der Waals surface area contributed by atoms with E-state index < -0.39 is 0 Å². The zero-order valence-corrected chi connectivity index (χ0v) is 13.8. The van der Waals surface area contributed by atoms with E-state index in [1.54, 1.807) is 7.11 Å². The van der Waals surface area contributed by atoms with Crippen LogP contribution in [0.3, 0.4) is 0 Å². The van der Waals surface area contributed by atoms with Crippen LogP contribution in [0.15, 0.2) is 42.9 Å². The van der Waals surface area contributed by atoms with E-state index in [2.05, 4.69) is 44.5 Å². The van der Waals surface area contributed by atoms with Gasteiger partial charge in [0.2, 0.25) is 0 Å². The van der Waals surface area contributed by atoms with E-state index in [1.165, 1.54) is 0 Å². The lowest BCUT2D eigenvalue weighted by atomic mass is 10.1. The van der Waals surface area contributed by atoms with E-state index in [0.717, 1.165) is 54.2 Å². The van der Waals surface area contributed by atoms with Gasteiger partial charge in [0, 0.05) is 45.0 Å². The molecule has 1 aliphatic heterocycles. The van der Waals surface area contributed by atoms with Crippen LogP contribution in [0.2, 0.25) is 0 Å². The van der Waals surface area contributed by atoms with Gasteiger partial charge in [0.25, 0.3) is 0 Å². The molecule has 6 nitrogen and oxygen atoms in total. The van der Waals surface area contributed by atoms with Crippen molar-refractivity contribution >= 4 is 16.9 Å². The highest BCUT2D eigenvalue weighted by Crippen LogP contribution is 2.25. The Bertz CT molecular complexity index is 821. The van der Waals surface area contributed by atoms with Crippen LogP contribution in [0.25, 0.3) is 22.2 Å². The quantitative estimate of drug-likeness (QED) is 0.797. The van der Waals surface area contributed by atoms with Crippen LogP contribution in [-0.4, -0.2) is 47.8 Å². The minimum atomic E-state index is 0.500. The fourth-order valence-electron chi connectivity index (χ4n) is 3.12. The second-order valence-corrected chi connectivity index (χ2v) is 5.98. The molecule has 0 bridgehead atoms. The van der Waals surface area contributed by atoms with Gasteiger partial charge in [-0.15, -0.1) is 0 Å². The Morgan fingerprint density at radius 1 is 1.08 bits per heavy atom. The molecule has 1 aliphatic rings. The third kappa shape index (κ3) is 2.86. The molecule has 4 rings (SSSR count). The first-order chi connectivity index (χ1) is 11.8. The fourth-order valence-corrected chi connectivity index (χ4v) is 3.12. The summed E-state index contributed by atoms with van der Waals surface area (Å²) in [6.45, 7) is 4.55. The fraction of sp³-hybridized carbons (Fsp3) is 0.333. The van der Waals surface area contributed by atoms with Gasteiger partial charge in [-0.2, -0.15) is 0 Å². The Hall–Kier alpha value is -2.44. The first-order valence-corrected chi connectivity index (χ1v) is 8.21. The molecular formula is C18H21N5O. The molecule has 0 radical (unpaired) electrons.